The molecule has 0 aliphatic carbocycles. The molecule has 2 aromatic carbocycles. The lowest BCUT2D eigenvalue weighted by Gasteiger charge is -2.07. The predicted octanol–water partition coefficient (Wildman–Crippen LogP) is 4.49. The van der Waals surface area contributed by atoms with Crippen molar-refractivity contribution in [2.75, 3.05) is 0 Å². The zero-order chi connectivity index (χ0) is 13.1. The lowest BCUT2D eigenvalue weighted by atomic mass is 9.99. The van der Waals surface area contributed by atoms with Crippen molar-refractivity contribution in [1.29, 1.82) is 0 Å². The smallest absolute Gasteiger partial charge is 0.167 e. The van der Waals surface area contributed by atoms with Gasteiger partial charge in [0.25, 0.3) is 0 Å². The molecule has 0 saturated carbocycles. The van der Waals surface area contributed by atoms with Gasteiger partial charge in [0.2, 0.25) is 0 Å². The number of carbonyl (C=O) groups is 1. The van der Waals surface area contributed by atoms with Crippen LogP contribution < -0.4 is 0 Å². The summed E-state index contributed by atoms with van der Waals surface area (Å²) >= 11 is 3.52. The van der Waals surface area contributed by atoms with E-state index in [2.05, 4.69) is 15.9 Å². The van der Waals surface area contributed by atoms with Crippen molar-refractivity contribution in [3.05, 3.63) is 69.2 Å². The highest BCUT2D eigenvalue weighted by molar-refractivity contribution is 9.10. The van der Waals surface area contributed by atoms with Gasteiger partial charge in [0.05, 0.1) is 0 Å². The first-order valence-electron chi connectivity index (χ1n) is 5.92. The highest BCUT2D eigenvalue weighted by Gasteiger charge is 2.10. The highest BCUT2D eigenvalue weighted by atomic mass is 79.9. The summed E-state index contributed by atoms with van der Waals surface area (Å²) in [6.45, 7) is 4.02. The Morgan fingerprint density at radius 1 is 1.06 bits per heavy atom. The Labute approximate surface area is 116 Å². The second-order valence-electron chi connectivity index (χ2n) is 4.51. The minimum absolute atomic E-state index is 0.167. The van der Waals surface area contributed by atoms with E-state index in [1.165, 1.54) is 0 Å². The second kappa shape index (κ2) is 5.49. The average molecular weight is 303 g/mol. The maximum Gasteiger partial charge on any atom is 0.167 e. The summed E-state index contributed by atoms with van der Waals surface area (Å²) in [6, 6.07) is 13.7. The molecule has 0 N–H and O–H groups in total. The van der Waals surface area contributed by atoms with Crippen LogP contribution in [0, 0.1) is 13.8 Å². The minimum Gasteiger partial charge on any atom is -0.294 e. The van der Waals surface area contributed by atoms with E-state index >= 15 is 0 Å². The van der Waals surface area contributed by atoms with Crippen LogP contribution in [-0.4, -0.2) is 5.78 Å². The van der Waals surface area contributed by atoms with Crippen LogP contribution in [0.4, 0.5) is 0 Å². The molecule has 0 saturated heterocycles. The van der Waals surface area contributed by atoms with Gasteiger partial charge in [-0.25, -0.2) is 0 Å². The molecule has 0 atom stereocenters. The summed E-state index contributed by atoms with van der Waals surface area (Å²) in [4.78, 5) is 12.2. The minimum atomic E-state index is 0.167. The van der Waals surface area contributed by atoms with Crippen LogP contribution in [0.5, 0.6) is 0 Å². The number of ketones is 1. The Kier molecular flexibility index (Phi) is 3.97. The number of benzene rings is 2. The summed E-state index contributed by atoms with van der Waals surface area (Å²) in [6.07, 6.45) is 0.460. The van der Waals surface area contributed by atoms with Gasteiger partial charge in [0.1, 0.15) is 0 Å². The van der Waals surface area contributed by atoms with Crippen LogP contribution in [0.15, 0.2) is 46.9 Å². The molecule has 2 heteroatoms. The first-order valence-corrected chi connectivity index (χ1v) is 6.71. The monoisotopic (exact) mass is 302 g/mol. The SMILES string of the molecule is Cc1cc(C(=O)Cc2ccccc2)cc(C)c1Br. The van der Waals surface area contributed by atoms with Crippen LogP contribution in [0.25, 0.3) is 0 Å². The van der Waals surface area contributed by atoms with Crippen molar-refractivity contribution in [3.63, 3.8) is 0 Å². The van der Waals surface area contributed by atoms with Gasteiger partial charge in [-0.05, 0) is 42.7 Å². The van der Waals surface area contributed by atoms with Crippen molar-refractivity contribution in [1.82, 2.24) is 0 Å². The number of Topliss-reactive ketones (excluding diaryl/α,β-unsaturated/α-hetero) is 1. The number of hydrogen-bond acceptors (Lipinski definition) is 1. The van der Waals surface area contributed by atoms with E-state index in [0.29, 0.717) is 6.42 Å². The summed E-state index contributed by atoms with van der Waals surface area (Å²) in [7, 11) is 0. The topological polar surface area (TPSA) is 17.1 Å². The molecule has 0 amide bonds. The fourth-order valence-electron chi connectivity index (χ4n) is 1.99. The molecule has 18 heavy (non-hydrogen) atoms. The number of aryl methyl sites for hydroxylation is 2. The standard InChI is InChI=1S/C16H15BrO/c1-11-8-14(9-12(2)16(11)17)15(18)10-13-6-4-3-5-7-13/h3-9H,10H2,1-2H3. The summed E-state index contributed by atoms with van der Waals surface area (Å²) in [5.74, 6) is 0.167. The van der Waals surface area contributed by atoms with Crippen LogP contribution in [-0.2, 0) is 6.42 Å². The lowest BCUT2D eigenvalue weighted by molar-refractivity contribution is 0.0993. The largest absolute Gasteiger partial charge is 0.294 e. The van der Waals surface area contributed by atoms with E-state index in [-0.39, 0.29) is 5.78 Å². The van der Waals surface area contributed by atoms with Crippen molar-refractivity contribution in [3.8, 4) is 0 Å². The highest BCUT2D eigenvalue weighted by Crippen LogP contribution is 2.23. The third-order valence-corrected chi connectivity index (χ3v) is 4.22. The summed E-state index contributed by atoms with van der Waals surface area (Å²) in [5.41, 5.74) is 4.05. The molecule has 0 aromatic heterocycles. The van der Waals surface area contributed by atoms with Crippen molar-refractivity contribution >= 4 is 21.7 Å². The summed E-state index contributed by atoms with van der Waals surface area (Å²) in [5, 5.41) is 0. The quantitative estimate of drug-likeness (QED) is 0.763. The zero-order valence-electron chi connectivity index (χ0n) is 10.5. The Hall–Kier alpha value is -1.41. The third kappa shape index (κ3) is 2.88. The molecule has 2 rings (SSSR count). The molecular weight excluding hydrogens is 288 g/mol. The van der Waals surface area contributed by atoms with Gasteiger partial charge >= 0.3 is 0 Å². The van der Waals surface area contributed by atoms with Crippen molar-refractivity contribution in [2.24, 2.45) is 0 Å². The first kappa shape index (κ1) is 13.0. The molecule has 0 heterocycles. The second-order valence-corrected chi connectivity index (χ2v) is 5.30. The Morgan fingerprint density at radius 3 is 2.17 bits per heavy atom. The molecule has 0 spiro atoms. The number of carbonyl (C=O) groups excluding carboxylic acids is 1. The van der Waals surface area contributed by atoms with Crippen molar-refractivity contribution < 1.29 is 4.79 Å². The number of hydrogen-bond donors (Lipinski definition) is 0. The molecule has 0 aliphatic heterocycles. The molecule has 0 fully saturated rings. The maximum absolute atomic E-state index is 12.2. The zero-order valence-corrected chi connectivity index (χ0v) is 12.1. The molecule has 1 nitrogen and oxygen atoms in total. The summed E-state index contributed by atoms with van der Waals surface area (Å²) < 4.78 is 1.08. The molecule has 0 bridgehead atoms. The Morgan fingerprint density at radius 2 is 1.61 bits per heavy atom. The van der Waals surface area contributed by atoms with Gasteiger partial charge in [0, 0.05) is 16.5 Å². The van der Waals surface area contributed by atoms with Gasteiger partial charge in [-0.15, -0.1) is 0 Å². The predicted molar refractivity (Wildman–Crippen MR) is 78.1 cm³/mol. The fourth-order valence-corrected chi connectivity index (χ4v) is 2.22. The van der Waals surface area contributed by atoms with E-state index in [4.69, 9.17) is 0 Å². The first-order chi connectivity index (χ1) is 8.58. The third-order valence-electron chi connectivity index (χ3n) is 2.97. The number of halogens is 1. The normalized spacial score (nSPS) is 10.4. The number of rotatable bonds is 3. The van der Waals surface area contributed by atoms with Crippen LogP contribution in [0.2, 0.25) is 0 Å². The Bertz CT molecular complexity index is 550. The van der Waals surface area contributed by atoms with E-state index in [1.807, 2.05) is 56.3 Å². The van der Waals surface area contributed by atoms with Gasteiger partial charge < -0.3 is 0 Å². The van der Waals surface area contributed by atoms with Crippen LogP contribution in [0.1, 0.15) is 27.0 Å². The van der Waals surface area contributed by atoms with Crippen LogP contribution in [0.3, 0.4) is 0 Å². The molecule has 0 aliphatic rings. The van der Waals surface area contributed by atoms with E-state index < -0.39 is 0 Å². The Balaban J connectivity index is 2.25. The van der Waals surface area contributed by atoms with Gasteiger partial charge in [0.15, 0.2) is 5.78 Å². The van der Waals surface area contributed by atoms with Gasteiger partial charge in [-0.2, -0.15) is 0 Å². The van der Waals surface area contributed by atoms with E-state index in [1.54, 1.807) is 0 Å². The lowest BCUT2D eigenvalue weighted by Crippen LogP contribution is -2.04. The fraction of sp³-hybridized carbons (Fsp3) is 0.188. The van der Waals surface area contributed by atoms with Gasteiger partial charge in [-0.3, -0.25) is 4.79 Å². The van der Waals surface area contributed by atoms with E-state index in [9.17, 15) is 4.79 Å². The average Bonchev–Trinajstić information content (AvgIpc) is 2.36. The molecular formula is C16H15BrO. The van der Waals surface area contributed by atoms with E-state index in [0.717, 1.165) is 26.7 Å². The molecule has 92 valence electrons. The van der Waals surface area contributed by atoms with Crippen LogP contribution >= 0.6 is 15.9 Å². The maximum atomic E-state index is 12.2. The molecule has 2 aromatic rings. The molecule has 0 unspecified atom stereocenters. The molecule has 0 radical (unpaired) electrons. The van der Waals surface area contributed by atoms with Gasteiger partial charge in [-0.1, -0.05) is 46.3 Å². The van der Waals surface area contributed by atoms with Crippen molar-refractivity contribution in [2.45, 2.75) is 20.3 Å².